The Morgan fingerprint density at radius 1 is 1.05 bits per heavy atom. The van der Waals surface area contributed by atoms with Crippen LogP contribution in [0.15, 0.2) is 48.5 Å². The molecule has 0 aliphatic carbocycles. The molecule has 4 heteroatoms. The molecule has 1 N–H and O–H groups in total. The number of benzene rings is 2. The van der Waals surface area contributed by atoms with Gasteiger partial charge in [-0.25, -0.2) is 0 Å². The molecule has 0 aliphatic rings. The summed E-state index contributed by atoms with van der Waals surface area (Å²) in [5.41, 5.74) is 1.45. The molecule has 0 aliphatic heterocycles. The SMILES string of the molecule is COc1ccc(C(=O)CNc2ccccc2)c(OC)c1. The van der Waals surface area contributed by atoms with E-state index in [0.29, 0.717) is 17.1 Å². The van der Waals surface area contributed by atoms with Crippen molar-refractivity contribution in [2.45, 2.75) is 0 Å². The molecule has 2 rings (SSSR count). The average molecular weight is 271 g/mol. The molecule has 0 bridgehead atoms. The lowest BCUT2D eigenvalue weighted by molar-refractivity contribution is 0.100. The molecule has 2 aromatic carbocycles. The van der Waals surface area contributed by atoms with E-state index in [2.05, 4.69) is 5.32 Å². The summed E-state index contributed by atoms with van der Waals surface area (Å²) in [5, 5.41) is 3.09. The minimum atomic E-state index is -0.0339. The molecule has 0 aromatic heterocycles. The van der Waals surface area contributed by atoms with Gasteiger partial charge in [-0.1, -0.05) is 18.2 Å². The Bertz CT molecular complexity index is 582. The second kappa shape index (κ2) is 6.61. The van der Waals surface area contributed by atoms with Crippen molar-refractivity contribution in [3.8, 4) is 11.5 Å². The van der Waals surface area contributed by atoms with Gasteiger partial charge >= 0.3 is 0 Å². The van der Waals surface area contributed by atoms with Crippen molar-refractivity contribution < 1.29 is 14.3 Å². The van der Waals surface area contributed by atoms with Crippen molar-refractivity contribution in [1.29, 1.82) is 0 Å². The zero-order valence-electron chi connectivity index (χ0n) is 11.6. The average Bonchev–Trinajstić information content (AvgIpc) is 2.52. The highest BCUT2D eigenvalue weighted by Gasteiger charge is 2.13. The zero-order chi connectivity index (χ0) is 14.4. The second-order valence-electron chi connectivity index (χ2n) is 4.21. The van der Waals surface area contributed by atoms with Crippen molar-refractivity contribution in [3.63, 3.8) is 0 Å². The Morgan fingerprint density at radius 2 is 1.80 bits per heavy atom. The van der Waals surface area contributed by atoms with E-state index in [1.54, 1.807) is 25.3 Å². The van der Waals surface area contributed by atoms with E-state index in [1.807, 2.05) is 30.3 Å². The largest absolute Gasteiger partial charge is 0.497 e. The van der Waals surface area contributed by atoms with Crippen LogP contribution in [-0.4, -0.2) is 26.5 Å². The molecule has 0 saturated heterocycles. The monoisotopic (exact) mass is 271 g/mol. The Hall–Kier alpha value is -2.49. The highest BCUT2D eigenvalue weighted by atomic mass is 16.5. The van der Waals surface area contributed by atoms with Gasteiger partial charge in [-0.05, 0) is 24.3 Å². The summed E-state index contributed by atoms with van der Waals surface area (Å²) in [6, 6.07) is 14.8. The molecule has 0 atom stereocenters. The predicted octanol–water partition coefficient (Wildman–Crippen LogP) is 3.00. The van der Waals surface area contributed by atoms with Crippen LogP contribution in [0.3, 0.4) is 0 Å². The smallest absolute Gasteiger partial charge is 0.185 e. The van der Waals surface area contributed by atoms with Gasteiger partial charge in [0.05, 0.1) is 26.3 Å². The quantitative estimate of drug-likeness (QED) is 0.820. The fraction of sp³-hybridized carbons (Fsp3) is 0.188. The topological polar surface area (TPSA) is 47.6 Å². The first-order valence-electron chi connectivity index (χ1n) is 6.28. The molecule has 104 valence electrons. The summed E-state index contributed by atoms with van der Waals surface area (Å²) in [6.07, 6.45) is 0. The van der Waals surface area contributed by atoms with Crippen molar-refractivity contribution in [2.24, 2.45) is 0 Å². The lowest BCUT2D eigenvalue weighted by atomic mass is 10.1. The number of ether oxygens (including phenoxy) is 2. The van der Waals surface area contributed by atoms with E-state index in [9.17, 15) is 4.79 Å². The Labute approximate surface area is 118 Å². The van der Waals surface area contributed by atoms with E-state index in [0.717, 1.165) is 5.69 Å². The van der Waals surface area contributed by atoms with Gasteiger partial charge in [-0.15, -0.1) is 0 Å². The first-order chi connectivity index (χ1) is 9.74. The molecule has 4 nitrogen and oxygen atoms in total. The summed E-state index contributed by atoms with van der Waals surface area (Å²) in [4.78, 5) is 12.2. The Kier molecular flexibility index (Phi) is 4.60. The third kappa shape index (κ3) is 3.29. The number of anilines is 1. The maximum Gasteiger partial charge on any atom is 0.185 e. The normalized spacial score (nSPS) is 9.90. The summed E-state index contributed by atoms with van der Waals surface area (Å²) in [6.45, 7) is 0.215. The van der Waals surface area contributed by atoms with Crippen LogP contribution in [0.25, 0.3) is 0 Å². The fourth-order valence-electron chi connectivity index (χ4n) is 1.86. The predicted molar refractivity (Wildman–Crippen MR) is 78.8 cm³/mol. The van der Waals surface area contributed by atoms with Crippen molar-refractivity contribution in [1.82, 2.24) is 0 Å². The molecule has 0 amide bonds. The molecular formula is C16H17NO3. The number of rotatable bonds is 6. The second-order valence-corrected chi connectivity index (χ2v) is 4.21. The van der Waals surface area contributed by atoms with Gasteiger partial charge in [0.15, 0.2) is 5.78 Å². The number of hydrogen-bond donors (Lipinski definition) is 1. The van der Waals surface area contributed by atoms with Crippen molar-refractivity contribution >= 4 is 11.5 Å². The summed E-state index contributed by atoms with van der Waals surface area (Å²) < 4.78 is 10.3. The maximum atomic E-state index is 12.2. The first-order valence-corrected chi connectivity index (χ1v) is 6.28. The number of hydrogen-bond acceptors (Lipinski definition) is 4. The molecule has 2 aromatic rings. The van der Waals surface area contributed by atoms with Crippen LogP contribution in [0, 0.1) is 0 Å². The van der Waals surface area contributed by atoms with Crippen LogP contribution in [0.1, 0.15) is 10.4 Å². The summed E-state index contributed by atoms with van der Waals surface area (Å²) >= 11 is 0. The van der Waals surface area contributed by atoms with Gasteiger partial charge in [0, 0.05) is 11.8 Å². The fourth-order valence-corrected chi connectivity index (χ4v) is 1.86. The highest BCUT2D eigenvalue weighted by Crippen LogP contribution is 2.25. The van der Waals surface area contributed by atoms with Crippen LogP contribution < -0.4 is 14.8 Å². The standard InChI is InChI=1S/C16H17NO3/c1-19-13-8-9-14(16(10-13)20-2)15(18)11-17-12-6-4-3-5-7-12/h3-10,17H,11H2,1-2H3. The van der Waals surface area contributed by atoms with E-state index in [4.69, 9.17) is 9.47 Å². The van der Waals surface area contributed by atoms with Crippen LogP contribution in [0.5, 0.6) is 11.5 Å². The molecule has 0 fully saturated rings. The first kappa shape index (κ1) is 13.9. The van der Waals surface area contributed by atoms with Crippen LogP contribution in [-0.2, 0) is 0 Å². The number of nitrogens with one attached hydrogen (secondary N) is 1. The molecule has 0 saturated carbocycles. The van der Waals surface area contributed by atoms with Crippen LogP contribution in [0.4, 0.5) is 5.69 Å². The van der Waals surface area contributed by atoms with Crippen molar-refractivity contribution in [3.05, 3.63) is 54.1 Å². The third-order valence-corrected chi connectivity index (χ3v) is 2.94. The maximum absolute atomic E-state index is 12.2. The van der Waals surface area contributed by atoms with Crippen molar-refractivity contribution in [2.75, 3.05) is 26.1 Å². The van der Waals surface area contributed by atoms with E-state index in [1.165, 1.54) is 7.11 Å². The molecule has 20 heavy (non-hydrogen) atoms. The zero-order valence-corrected chi connectivity index (χ0v) is 11.6. The number of para-hydroxylation sites is 1. The Balaban J connectivity index is 2.09. The van der Waals surface area contributed by atoms with E-state index in [-0.39, 0.29) is 12.3 Å². The van der Waals surface area contributed by atoms with Gasteiger partial charge < -0.3 is 14.8 Å². The molecule has 0 unspecified atom stereocenters. The Morgan fingerprint density at radius 3 is 2.45 bits per heavy atom. The number of Topliss-reactive ketones (excluding diaryl/α,β-unsaturated/α-hetero) is 1. The molecule has 0 heterocycles. The van der Waals surface area contributed by atoms with Crippen LogP contribution in [0.2, 0.25) is 0 Å². The molecule has 0 radical (unpaired) electrons. The van der Waals surface area contributed by atoms with Gasteiger partial charge in [0.25, 0.3) is 0 Å². The lowest BCUT2D eigenvalue weighted by Crippen LogP contribution is -2.14. The highest BCUT2D eigenvalue weighted by molar-refractivity contribution is 6.01. The van der Waals surface area contributed by atoms with E-state index >= 15 is 0 Å². The minimum absolute atomic E-state index is 0.0339. The number of carbonyl (C=O) groups excluding carboxylic acids is 1. The van der Waals surface area contributed by atoms with Gasteiger partial charge in [0.1, 0.15) is 11.5 Å². The number of methoxy groups -OCH3 is 2. The minimum Gasteiger partial charge on any atom is -0.497 e. The lowest BCUT2D eigenvalue weighted by Gasteiger charge is -2.10. The number of carbonyl (C=O) groups is 1. The summed E-state index contributed by atoms with van der Waals surface area (Å²) in [7, 11) is 3.11. The van der Waals surface area contributed by atoms with Gasteiger partial charge in [-0.3, -0.25) is 4.79 Å². The van der Waals surface area contributed by atoms with E-state index < -0.39 is 0 Å². The molecule has 0 spiro atoms. The van der Waals surface area contributed by atoms with Gasteiger partial charge in [-0.2, -0.15) is 0 Å². The third-order valence-electron chi connectivity index (χ3n) is 2.94. The summed E-state index contributed by atoms with van der Waals surface area (Å²) in [5.74, 6) is 1.15. The molecular weight excluding hydrogens is 254 g/mol. The number of ketones is 1. The van der Waals surface area contributed by atoms with Crippen LogP contribution >= 0.6 is 0 Å². The van der Waals surface area contributed by atoms with Gasteiger partial charge in [0.2, 0.25) is 0 Å².